The summed E-state index contributed by atoms with van der Waals surface area (Å²) in [5.74, 6) is 1.07. The normalized spacial score (nSPS) is 26.6. The molecule has 1 saturated heterocycles. The molecule has 1 spiro atoms. The van der Waals surface area contributed by atoms with E-state index in [-0.39, 0.29) is 36.9 Å². The third-order valence-electron chi connectivity index (χ3n) is 6.58. The van der Waals surface area contributed by atoms with E-state index in [1.165, 1.54) is 5.56 Å². The predicted octanol–water partition coefficient (Wildman–Crippen LogP) is 4.09. The molecule has 0 aromatic heterocycles. The minimum atomic E-state index is -0.235. The van der Waals surface area contributed by atoms with Gasteiger partial charge >= 0.3 is 0 Å². The number of ether oxygens (including phenoxy) is 2. The molecule has 0 bridgehead atoms. The Morgan fingerprint density at radius 2 is 1.93 bits per heavy atom. The molecule has 5 nitrogen and oxygen atoms in total. The summed E-state index contributed by atoms with van der Waals surface area (Å²) < 4.78 is 12.2. The molecule has 1 saturated carbocycles. The van der Waals surface area contributed by atoms with Gasteiger partial charge < -0.3 is 25.0 Å². The average Bonchev–Trinajstić information content (AvgIpc) is 3.53. The second kappa shape index (κ2) is 8.04. The number of nitrogens with one attached hydrogen (secondary N) is 1. The molecule has 0 radical (unpaired) electrons. The molecule has 2 aromatic rings. The van der Waals surface area contributed by atoms with Crippen LogP contribution in [0.15, 0.2) is 36.4 Å². The first-order chi connectivity index (χ1) is 14.6. The summed E-state index contributed by atoms with van der Waals surface area (Å²) >= 11 is 6.52. The van der Waals surface area contributed by atoms with E-state index in [4.69, 9.17) is 21.1 Å². The summed E-state index contributed by atoms with van der Waals surface area (Å²) in [6.07, 6.45) is 4.03. The van der Waals surface area contributed by atoms with Crippen LogP contribution in [-0.4, -0.2) is 41.7 Å². The second-order valence-electron chi connectivity index (χ2n) is 8.95. The minimum Gasteiger partial charge on any atom is -0.483 e. The lowest BCUT2D eigenvalue weighted by molar-refractivity contribution is -0.0995. The number of hydrogen-bond donors (Lipinski definition) is 3. The van der Waals surface area contributed by atoms with E-state index in [2.05, 4.69) is 29.6 Å². The van der Waals surface area contributed by atoms with Crippen molar-refractivity contribution in [3.05, 3.63) is 58.1 Å². The molecule has 2 aromatic carbocycles. The fourth-order valence-electron chi connectivity index (χ4n) is 4.60. The molecule has 3 unspecified atom stereocenters. The highest BCUT2D eigenvalue weighted by Crippen LogP contribution is 2.46. The number of halogens is 1. The summed E-state index contributed by atoms with van der Waals surface area (Å²) in [6.45, 7) is 0.956. The quantitative estimate of drug-likeness (QED) is 0.667. The Bertz CT molecular complexity index is 917. The molecule has 5 rings (SSSR count). The number of aliphatic hydroxyl groups excluding tert-OH is 2. The third kappa shape index (κ3) is 4.04. The van der Waals surface area contributed by atoms with Gasteiger partial charge in [-0.1, -0.05) is 29.8 Å². The van der Waals surface area contributed by atoms with Gasteiger partial charge in [0.1, 0.15) is 11.4 Å². The summed E-state index contributed by atoms with van der Waals surface area (Å²) in [5.41, 5.74) is 4.33. The molecule has 2 heterocycles. The van der Waals surface area contributed by atoms with Crippen LogP contribution >= 0.6 is 11.6 Å². The monoisotopic (exact) mass is 429 g/mol. The Labute approximate surface area is 182 Å². The van der Waals surface area contributed by atoms with E-state index >= 15 is 0 Å². The highest BCUT2D eigenvalue weighted by molar-refractivity contribution is 6.31. The van der Waals surface area contributed by atoms with Crippen molar-refractivity contribution in [2.24, 2.45) is 5.92 Å². The molecule has 1 aliphatic carbocycles. The fraction of sp³-hybridized carbons (Fsp3) is 0.500. The van der Waals surface area contributed by atoms with Crippen molar-refractivity contribution < 1.29 is 19.7 Å². The second-order valence-corrected chi connectivity index (χ2v) is 9.35. The van der Waals surface area contributed by atoms with Crippen LogP contribution in [0.5, 0.6) is 5.75 Å². The number of hydrogen-bond acceptors (Lipinski definition) is 5. The minimum absolute atomic E-state index is 0.0288. The summed E-state index contributed by atoms with van der Waals surface area (Å²) in [6, 6.07) is 12.3. The maximum Gasteiger partial charge on any atom is 0.143 e. The maximum atomic E-state index is 9.62. The van der Waals surface area contributed by atoms with Gasteiger partial charge in [0.2, 0.25) is 0 Å². The lowest BCUT2D eigenvalue weighted by Crippen LogP contribution is -2.32. The van der Waals surface area contributed by atoms with Gasteiger partial charge in [-0.05, 0) is 72.9 Å². The van der Waals surface area contributed by atoms with E-state index in [1.807, 2.05) is 12.1 Å². The number of aliphatic hydroxyl groups is 2. The Morgan fingerprint density at radius 3 is 2.70 bits per heavy atom. The molecule has 0 amide bonds. The first-order valence-electron chi connectivity index (χ1n) is 10.8. The largest absolute Gasteiger partial charge is 0.483 e. The number of fused-ring (bicyclic) bond motifs is 1. The maximum absolute atomic E-state index is 9.62. The van der Waals surface area contributed by atoms with Crippen LogP contribution in [0.25, 0.3) is 0 Å². The van der Waals surface area contributed by atoms with Gasteiger partial charge in [-0.15, -0.1) is 0 Å². The Morgan fingerprint density at radius 1 is 1.07 bits per heavy atom. The van der Waals surface area contributed by atoms with E-state index < -0.39 is 0 Å². The predicted molar refractivity (Wildman–Crippen MR) is 116 cm³/mol. The summed E-state index contributed by atoms with van der Waals surface area (Å²) in [7, 11) is 0. The lowest BCUT2D eigenvalue weighted by Gasteiger charge is -2.34. The molecule has 30 heavy (non-hydrogen) atoms. The number of anilines is 1. The number of rotatable bonds is 5. The lowest BCUT2D eigenvalue weighted by atomic mass is 9.88. The van der Waals surface area contributed by atoms with Gasteiger partial charge in [0.05, 0.1) is 31.0 Å². The zero-order chi connectivity index (χ0) is 20.7. The molecule has 3 N–H and O–H groups in total. The van der Waals surface area contributed by atoms with Gasteiger partial charge in [0, 0.05) is 11.6 Å². The van der Waals surface area contributed by atoms with Crippen LogP contribution < -0.4 is 10.1 Å². The summed E-state index contributed by atoms with van der Waals surface area (Å²) in [4.78, 5) is 0. The van der Waals surface area contributed by atoms with Crippen molar-refractivity contribution in [3.8, 4) is 5.75 Å². The van der Waals surface area contributed by atoms with Crippen LogP contribution in [0.3, 0.4) is 0 Å². The average molecular weight is 430 g/mol. The van der Waals surface area contributed by atoms with Crippen LogP contribution in [0, 0.1) is 5.92 Å². The van der Waals surface area contributed by atoms with Crippen molar-refractivity contribution >= 4 is 17.3 Å². The van der Waals surface area contributed by atoms with Crippen LogP contribution in [0.1, 0.15) is 48.5 Å². The highest BCUT2D eigenvalue weighted by Gasteiger charge is 2.47. The first kappa shape index (κ1) is 20.1. The standard InChI is InChI=1S/C24H28ClNO4/c25-20-3-2-17(23-10-16(12-27)8-19(13-28)29-23)11-18(20)7-15-1-4-22-21(9-15)26-14-24(30-22)5-6-24/h1-4,9,11,16,19,23,26-28H,5-8,10,12-14H2. The van der Waals surface area contributed by atoms with Gasteiger partial charge in [-0.25, -0.2) is 0 Å². The smallest absolute Gasteiger partial charge is 0.143 e. The Balaban J connectivity index is 1.35. The zero-order valence-electron chi connectivity index (χ0n) is 16.9. The van der Waals surface area contributed by atoms with Crippen molar-refractivity contribution in [1.82, 2.24) is 0 Å². The summed E-state index contributed by atoms with van der Waals surface area (Å²) in [5, 5.41) is 23.4. The van der Waals surface area contributed by atoms with Crippen LogP contribution in [0.4, 0.5) is 5.69 Å². The van der Waals surface area contributed by atoms with Gasteiger partial charge in [-0.3, -0.25) is 0 Å². The molecule has 3 aliphatic rings. The molecular formula is C24H28ClNO4. The number of benzene rings is 2. The third-order valence-corrected chi connectivity index (χ3v) is 6.95. The Hall–Kier alpha value is -1.79. The van der Waals surface area contributed by atoms with Gasteiger partial charge in [0.15, 0.2) is 0 Å². The molecule has 2 aliphatic heterocycles. The SMILES string of the molecule is OCC1CC(CO)OC(c2ccc(Cl)c(Cc3ccc4c(c3)NCC3(CC3)O4)c2)C1. The zero-order valence-corrected chi connectivity index (χ0v) is 17.7. The molecule has 3 atom stereocenters. The molecular weight excluding hydrogens is 402 g/mol. The van der Waals surface area contributed by atoms with Crippen LogP contribution in [0.2, 0.25) is 5.02 Å². The topological polar surface area (TPSA) is 71.0 Å². The van der Waals surface area contributed by atoms with Gasteiger partial charge in [0.25, 0.3) is 0 Å². The van der Waals surface area contributed by atoms with Gasteiger partial charge in [-0.2, -0.15) is 0 Å². The van der Waals surface area contributed by atoms with Crippen molar-refractivity contribution in [2.45, 2.75) is 49.9 Å². The van der Waals surface area contributed by atoms with E-state index in [9.17, 15) is 10.2 Å². The first-order valence-corrected chi connectivity index (χ1v) is 11.2. The fourth-order valence-corrected chi connectivity index (χ4v) is 4.79. The van der Waals surface area contributed by atoms with Crippen LogP contribution in [-0.2, 0) is 11.2 Å². The highest BCUT2D eigenvalue weighted by atomic mass is 35.5. The molecule has 160 valence electrons. The van der Waals surface area contributed by atoms with E-state index in [1.54, 1.807) is 0 Å². The van der Waals surface area contributed by atoms with Crippen molar-refractivity contribution in [3.63, 3.8) is 0 Å². The van der Waals surface area contributed by atoms with Crippen molar-refractivity contribution in [1.29, 1.82) is 0 Å². The van der Waals surface area contributed by atoms with E-state index in [0.29, 0.717) is 12.8 Å². The molecule has 6 heteroatoms. The molecule has 2 fully saturated rings. The van der Waals surface area contributed by atoms with E-state index in [0.717, 1.165) is 53.4 Å². The van der Waals surface area contributed by atoms with Crippen molar-refractivity contribution in [2.75, 3.05) is 25.1 Å². The Kier molecular flexibility index (Phi) is 5.40.